The van der Waals surface area contributed by atoms with Crippen molar-refractivity contribution in [3.05, 3.63) is 16.8 Å². The molecule has 0 aromatic carbocycles. The van der Waals surface area contributed by atoms with Crippen LogP contribution in [0.2, 0.25) is 0 Å². The first-order valence-electron chi connectivity index (χ1n) is 7.38. The zero-order valence-electron chi connectivity index (χ0n) is 12.3. The Kier molecular flexibility index (Phi) is 4.91. The molecule has 5 heteroatoms. The Morgan fingerprint density at radius 1 is 1.30 bits per heavy atom. The number of aryl methyl sites for hydroxylation is 1. The molecule has 1 aromatic rings. The molecule has 1 unspecified atom stereocenters. The largest absolute Gasteiger partial charge is 0.363 e. The van der Waals surface area contributed by atoms with Crippen molar-refractivity contribution in [1.29, 1.82) is 5.26 Å². The Morgan fingerprint density at radius 3 is 2.60 bits per heavy atom. The average Bonchev–Trinajstić information content (AvgIpc) is 2.49. The molecular weight excluding hydrogens is 250 g/mol. The van der Waals surface area contributed by atoms with E-state index >= 15 is 0 Å². The van der Waals surface area contributed by atoms with Crippen molar-refractivity contribution in [2.45, 2.75) is 52.0 Å². The quantitative estimate of drug-likeness (QED) is 0.878. The van der Waals surface area contributed by atoms with Gasteiger partial charge in [-0.25, -0.2) is 0 Å². The van der Waals surface area contributed by atoms with Crippen LogP contribution in [0.4, 0.5) is 5.82 Å². The molecular formula is C15H23N5. The summed E-state index contributed by atoms with van der Waals surface area (Å²) in [5.74, 6) is 1.15. The van der Waals surface area contributed by atoms with Crippen molar-refractivity contribution >= 4 is 5.82 Å². The molecule has 0 radical (unpaired) electrons. The van der Waals surface area contributed by atoms with Gasteiger partial charge in [-0.2, -0.15) is 10.4 Å². The van der Waals surface area contributed by atoms with Crippen molar-refractivity contribution in [1.82, 2.24) is 10.2 Å². The van der Waals surface area contributed by atoms with Crippen LogP contribution in [0.1, 0.15) is 48.9 Å². The number of nitrogens with one attached hydrogen (secondary N) is 1. The lowest BCUT2D eigenvalue weighted by molar-refractivity contribution is 0.320. The molecule has 108 valence electrons. The predicted molar refractivity (Wildman–Crippen MR) is 79.3 cm³/mol. The average molecular weight is 273 g/mol. The van der Waals surface area contributed by atoms with Gasteiger partial charge in [0.15, 0.2) is 5.82 Å². The smallest absolute Gasteiger partial charge is 0.167 e. The summed E-state index contributed by atoms with van der Waals surface area (Å²) in [5, 5.41) is 21.0. The van der Waals surface area contributed by atoms with Gasteiger partial charge in [-0.3, -0.25) is 0 Å². The zero-order chi connectivity index (χ0) is 14.5. The van der Waals surface area contributed by atoms with Gasteiger partial charge in [-0.05, 0) is 38.2 Å². The summed E-state index contributed by atoms with van der Waals surface area (Å²) in [4.78, 5) is 0. The first kappa shape index (κ1) is 14.7. The van der Waals surface area contributed by atoms with Crippen molar-refractivity contribution in [3.63, 3.8) is 0 Å². The summed E-state index contributed by atoms with van der Waals surface area (Å²) in [6.45, 7) is 4.34. The second-order valence-electron chi connectivity index (χ2n) is 5.63. The van der Waals surface area contributed by atoms with Crippen LogP contribution in [0.15, 0.2) is 0 Å². The predicted octanol–water partition coefficient (Wildman–Crippen LogP) is 2.28. The first-order valence-corrected chi connectivity index (χ1v) is 7.38. The molecule has 1 aliphatic carbocycles. The van der Waals surface area contributed by atoms with E-state index in [1.165, 1.54) is 32.1 Å². The van der Waals surface area contributed by atoms with Gasteiger partial charge in [0.1, 0.15) is 11.6 Å². The van der Waals surface area contributed by atoms with Crippen molar-refractivity contribution in [2.24, 2.45) is 11.7 Å². The van der Waals surface area contributed by atoms with E-state index in [0.717, 1.165) is 11.3 Å². The molecule has 0 saturated heterocycles. The van der Waals surface area contributed by atoms with E-state index < -0.39 is 0 Å². The van der Waals surface area contributed by atoms with E-state index in [2.05, 4.69) is 21.6 Å². The van der Waals surface area contributed by atoms with Gasteiger partial charge < -0.3 is 11.1 Å². The highest BCUT2D eigenvalue weighted by Crippen LogP contribution is 2.28. The lowest BCUT2D eigenvalue weighted by Crippen LogP contribution is -2.38. The molecule has 3 N–H and O–H groups in total. The van der Waals surface area contributed by atoms with E-state index in [4.69, 9.17) is 5.73 Å². The first-order chi connectivity index (χ1) is 9.67. The molecule has 0 amide bonds. The third-order valence-electron chi connectivity index (χ3n) is 4.36. The standard InChI is InChI=1S/C15H23N5/c1-10-11(2)19-20-15(13(10)8-16)18-14(9-17)12-6-4-3-5-7-12/h12,14H,3-7,9,17H2,1-2H3,(H,18,20). The minimum atomic E-state index is 0.179. The highest BCUT2D eigenvalue weighted by atomic mass is 15.2. The van der Waals surface area contributed by atoms with E-state index in [1.807, 2.05) is 13.8 Å². The highest BCUT2D eigenvalue weighted by molar-refractivity contribution is 5.56. The van der Waals surface area contributed by atoms with Gasteiger partial charge in [-0.15, -0.1) is 5.10 Å². The molecule has 5 nitrogen and oxygen atoms in total. The summed E-state index contributed by atoms with van der Waals surface area (Å²) in [6, 6.07) is 2.41. The van der Waals surface area contributed by atoms with Crippen LogP contribution in [0.3, 0.4) is 0 Å². The maximum atomic E-state index is 9.33. The van der Waals surface area contributed by atoms with Crippen molar-refractivity contribution in [3.8, 4) is 6.07 Å². The third-order valence-corrected chi connectivity index (χ3v) is 4.36. The minimum Gasteiger partial charge on any atom is -0.363 e. The maximum absolute atomic E-state index is 9.33. The summed E-state index contributed by atoms with van der Waals surface area (Å²) in [6.07, 6.45) is 6.27. The van der Waals surface area contributed by atoms with Crippen molar-refractivity contribution in [2.75, 3.05) is 11.9 Å². The zero-order valence-corrected chi connectivity index (χ0v) is 12.3. The number of nitriles is 1. The number of aromatic nitrogens is 2. The lowest BCUT2D eigenvalue weighted by atomic mass is 9.84. The van der Waals surface area contributed by atoms with Crippen LogP contribution in [0.5, 0.6) is 0 Å². The second kappa shape index (κ2) is 6.67. The fourth-order valence-corrected chi connectivity index (χ4v) is 2.93. The molecule has 0 aliphatic heterocycles. The number of hydrogen-bond donors (Lipinski definition) is 2. The van der Waals surface area contributed by atoms with Crippen LogP contribution in [-0.2, 0) is 0 Å². The van der Waals surface area contributed by atoms with Gasteiger partial charge in [0.05, 0.1) is 5.69 Å². The third kappa shape index (κ3) is 3.07. The van der Waals surface area contributed by atoms with E-state index in [9.17, 15) is 5.26 Å². The van der Waals surface area contributed by atoms with Gasteiger partial charge in [-0.1, -0.05) is 19.3 Å². The maximum Gasteiger partial charge on any atom is 0.167 e. The normalized spacial score (nSPS) is 17.5. The molecule has 1 aliphatic rings. The Morgan fingerprint density at radius 2 is 2.00 bits per heavy atom. The fourth-order valence-electron chi connectivity index (χ4n) is 2.93. The van der Waals surface area contributed by atoms with E-state index in [1.54, 1.807) is 0 Å². The lowest BCUT2D eigenvalue weighted by Gasteiger charge is -2.30. The number of nitrogens with two attached hydrogens (primary N) is 1. The van der Waals surface area contributed by atoms with Crippen molar-refractivity contribution < 1.29 is 0 Å². The minimum absolute atomic E-state index is 0.179. The van der Waals surface area contributed by atoms with Crippen LogP contribution in [0, 0.1) is 31.1 Å². The molecule has 1 atom stereocenters. The number of nitrogens with zero attached hydrogens (tertiary/aromatic N) is 3. The van der Waals surface area contributed by atoms with Gasteiger partial charge >= 0.3 is 0 Å². The molecule has 0 bridgehead atoms. The summed E-state index contributed by atoms with van der Waals surface area (Å²) >= 11 is 0. The van der Waals surface area contributed by atoms with Gasteiger partial charge in [0, 0.05) is 12.6 Å². The molecule has 1 saturated carbocycles. The molecule has 1 heterocycles. The molecule has 0 spiro atoms. The molecule has 2 rings (SSSR count). The van der Waals surface area contributed by atoms with Crippen LogP contribution >= 0.6 is 0 Å². The highest BCUT2D eigenvalue weighted by Gasteiger charge is 2.24. The summed E-state index contributed by atoms with van der Waals surface area (Å²) in [5.41, 5.74) is 8.20. The Labute approximate surface area is 120 Å². The van der Waals surface area contributed by atoms with Crippen LogP contribution in [0.25, 0.3) is 0 Å². The number of rotatable bonds is 4. The monoisotopic (exact) mass is 273 g/mol. The second-order valence-corrected chi connectivity index (χ2v) is 5.63. The topological polar surface area (TPSA) is 87.6 Å². The molecule has 1 aromatic heterocycles. The van der Waals surface area contributed by atoms with Crippen LogP contribution in [-0.4, -0.2) is 22.8 Å². The van der Waals surface area contributed by atoms with Gasteiger partial charge in [0.25, 0.3) is 0 Å². The Hall–Kier alpha value is -1.67. The number of anilines is 1. The summed E-state index contributed by atoms with van der Waals surface area (Å²) < 4.78 is 0. The molecule has 1 fully saturated rings. The Bertz CT molecular complexity index is 500. The SMILES string of the molecule is Cc1nnc(NC(CN)C2CCCCC2)c(C#N)c1C. The van der Waals surface area contributed by atoms with Crippen LogP contribution < -0.4 is 11.1 Å². The molecule has 20 heavy (non-hydrogen) atoms. The summed E-state index contributed by atoms with van der Waals surface area (Å²) in [7, 11) is 0. The van der Waals surface area contributed by atoms with E-state index in [-0.39, 0.29) is 6.04 Å². The number of hydrogen-bond acceptors (Lipinski definition) is 5. The fraction of sp³-hybridized carbons (Fsp3) is 0.667. The Balaban J connectivity index is 2.19. The van der Waals surface area contributed by atoms with Gasteiger partial charge in [0.2, 0.25) is 0 Å². The van der Waals surface area contributed by atoms with E-state index in [0.29, 0.717) is 23.8 Å².